The second-order valence-corrected chi connectivity index (χ2v) is 7.40. The minimum atomic E-state index is -0.257. The molecule has 3 aromatic rings. The molecule has 1 amide bonds. The summed E-state index contributed by atoms with van der Waals surface area (Å²) in [4.78, 5) is 20.9. The average molecular weight is 376 g/mol. The van der Waals surface area contributed by atoms with Crippen LogP contribution in [0, 0.1) is 0 Å². The molecular weight excluding hydrogens is 352 g/mol. The van der Waals surface area contributed by atoms with E-state index in [1.807, 2.05) is 48.5 Å². The lowest BCUT2D eigenvalue weighted by molar-refractivity contribution is 0.102. The Hall–Kier alpha value is -3.41. The maximum atomic E-state index is 12.4. The van der Waals surface area contributed by atoms with Crippen LogP contribution in [0.5, 0.6) is 5.75 Å². The number of hydrogen-bond acceptors (Lipinski definition) is 5. The Bertz CT molecular complexity index is 946. The molecule has 3 rings (SSSR count). The van der Waals surface area contributed by atoms with Crippen molar-refractivity contribution >= 4 is 23.2 Å². The molecule has 0 aliphatic heterocycles. The molecule has 0 saturated carbocycles. The number of methoxy groups -OCH3 is 1. The molecule has 0 spiro atoms. The van der Waals surface area contributed by atoms with E-state index in [9.17, 15) is 4.79 Å². The van der Waals surface area contributed by atoms with E-state index in [0.717, 1.165) is 11.4 Å². The lowest BCUT2D eigenvalue weighted by atomic mass is 9.87. The van der Waals surface area contributed by atoms with E-state index in [2.05, 4.69) is 41.4 Å². The van der Waals surface area contributed by atoms with Crippen molar-refractivity contribution in [2.24, 2.45) is 0 Å². The largest absolute Gasteiger partial charge is 0.495 e. The number of para-hydroxylation sites is 2. The Morgan fingerprint density at radius 2 is 1.61 bits per heavy atom. The van der Waals surface area contributed by atoms with E-state index in [1.54, 1.807) is 7.11 Å². The van der Waals surface area contributed by atoms with Crippen molar-refractivity contribution in [1.82, 2.24) is 9.97 Å². The number of nitrogens with zero attached hydrogens (tertiary/aromatic N) is 2. The van der Waals surface area contributed by atoms with Crippen molar-refractivity contribution in [3.63, 3.8) is 0 Å². The molecule has 0 aliphatic carbocycles. The summed E-state index contributed by atoms with van der Waals surface area (Å²) < 4.78 is 5.29. The van der Waals surface area contributed by atoms with Crippen molar-refractivity contribution in [1.29, 1.82) is 0 Å². The SMILES string of the molecule is COc1ccccc1Nc1ncc(C(=O)Nc2ccc(C(C)(C)C)cc2)cn1. The van der Waals surface area contributed by atoms with Crippen LogP contribution in [0.1, 0.15) is 36.7 Å². The van der Waals surface area contributed by atoms with Crippen molar-refractivity contribution in [3.8, 4) is 5.75 Å². The second-order valence-electron chi connectivity index (χ2n) is 7.40. The molecule has 0 saturated heterocycles. The number of rotatable bonds is 5. The lowest BCUT2D eigenvalue weighted by Crippen LogP contribution is -2.14. The zero-order chi connectivity index (χ0) is 20.1. The molecule has 0 unspecified atom stereocenters. The molecular formula is C22H24N4O2. The third-order valence-corrected chi connectivity index (χ3v) is 4.28. The fourth-order valence-electron chi connectivity index (χ4n) is 2.64. The number of amides is 1. The van der Waals surface area contributed by atoms with Gasteiger partial charge in [0, 0.05) is 18.1 Å². The van der Waals surface area contributed by atoms with Crippen molar-refractivity contribution in [2.45, 2.75) is 26.2 Å². The predicted octanol–water partition coefficient (Wildman–Crippen LogP) is 4.78. The molecule has 1 heterocycles. The monoisotopic (exact) mass is 376 g/mol. The number of carbonyl (C=O) groups excluding carboxylic acids is 1. The van der Waals surface area contributed by atoms with Gasteiger partial charge in [-0.15, -0.1) is 0 Å². The highest BCUT2D eigenvalue weighted by Gasteiger charge is 2.14. The van der Waals surface area contributed by atoms with Crippen LogP contribution in [0.4, 0.5) is 17.3 Å². The molecule has 2 aromatic carbocycles. The summed E-state index contributed by atoms with van der Waals surface area (Å²) in [5.41, 5.74) is 3.14. The second kappa shape index (κ2) is 8.08. The Labute approximate surface area is 165 Å². The molecule has 0 fully saturated rings. The summed E-state index contributed by atoms with van der Waals surface area (Å²) in [6, 6.07) is 15.3. The van der Waals surface area contributed by atoms with Crippen molar-refractivity contribution in [3.05, 3.63) is 72.1 Å². The number of ether oxygens (including phenoxy) is 1. The van der Waals surface area contributed by atoms with E-state index in [1.165, 1.54) is 18.0 Å². The Morgan fingerprint density at radius 3 is 2.21 bits per heavy atom. The molecule has 0 bridgehead atoms. The van der Waals surface area contributed by atoms with Gasteiger partial charge < -0.3 is 15.4 Å². The average Bonchev–Trinajstić information content (AvgIpc) is 2.68. The molecule has 0 aliphatic rings. The van der Waals surface area contributed by atoms with Gasteiger partial charge in [0.25, 0.3) is 5.91 Å². The van der Waals surface area contributed by atoms with Gasteiger partial charge in [0.1, 0.15) is 5.75 Å². The smallest absolute Gasteiger partial charge is 0.258 e. The van der Waals surface area contributed by atoms with E-state index in [4.69, 9.17) is 4.74 Å². The van der Waals surface area contributed by atoms with Crippen LogP contribution >= 0.6 is 0 Å². The summed E-state index contributed by atoms with van der Waals surface area (Å²) in [5, 5.41) is 5.95. The topological polar surface area (TPSA) is 76.1 Å². The first-order valence-corrected chi connectivity index (χ1v) is 9.01. The first-order valence-electron chi connectivity index (χ1n) is 9.01. The molecule has 144 valence electrons. The Morgan fingerprint density at radius 1 is 0.964 bits per heavy atom. The lowest BCUT2D eigenvalue weighted by Gasteiger charge is -2.19. The van der Waals surface area contributed by atoms with E-state index in [-0.39, 0.29) is 11.3 Å². The van der Waals surface area contributed by atoms with Crippen molar-refractivity contribution < 1.29 is 9.53 Å². The van der Waals surface area contributed by atoms with Gasteiger partial charge in [-0.3, -0.25) is 4.79 Å². The summed E-state index contributed by atoms with van der Waals surface area (Å²) in [7, 11) is 1.60. The van der Waals surface area contributed by atoms with Crippen LogP contribution < -0.4 is 15.4 Å². The van der Waals surface area contributed by atoms with Gasteiger partial charge in [-0.1, -0.05) is 45.0 Å². The summed E-state index contributed by atoms with van der Waals surface area (Å²) in [5.74, 6) is 0.814. The zero-order valence-corrected chi connectivity index (χ0v) is 16.5. The maximum absolute atomic E-state index is 12.4. The number of aromatic nitrogens is 2. The van der Waals surface area contributed by atoms with Crippen LogP contribution in [0.25, 0.3) is 0 Å². The third kappa shape index (κ3) is 4.65. The van der Waals surface area contributed by atoms with E-state index >= 15 is 0 Å². The molecule has 0 radical (unpaired) electrons. The normalized spacial score (nSPS) is 11.0. The Kier molecular flexibility index (Phi) is 5.59. The standard InChI is InChI=1S/C22H24N4O2/c1-22(2,3)16-9-11-17(12-10-16)25-20(27)15-13-23-21(24-14-15)26-18-7-5-6-8-19(18)28-4/h5-14H,1-4H3,(H,25,27)(H,23,24,26). The molecule has 6 nitrogen and oxygen atoms in total. The van der Waals surface area contributed by atoms with Crippen LogP contribution in [-0.2, 0) is 5.41 Å². The van der Waals surface area contributed by atoms with Gasteiger partial charge >= 0.3 is 0 Å². The van der Waals surface area contributed by atoms with Gasteiger partial charge in [-0.05, 0) is 35.2 Å². The fraction of sp³-hybridized carbons (Fsp3) is 0.227. The van der Waals surface area contributed by atoms with Gasteiger partial charge in [0.15, 0.2) is 0 Å². The highest BCUT2D eigenvalue weighted by molar-refractivity contribution is 6.03. The number of nitrogens with one attached hydrogen (secondary N) is 2. The first kappa shape index (κ1) is 19.4. The quantitative estimate of drug-likeness (QED) is 0.670. The molecule has 1 aromatic heterocycles. The summed E-state index contributed by atoms with van der Waals surface area (Å²) in [6.45, 7) is 6.45. The van der Waals surface area contributed by atoms with Gasteiger partial charge in [-0.2, -0.15) is 0 Å². The number of carbonyl (C=O) groups is 1. The number of hydrogen-bond donors (Lipinski definition) is 2. The molecule has 2 N–H and O–H groups in total. The molecule has 0 atom stereocenters. The highest BCUT2D eigenvalue weighted by Crippen LogP contribution is 2.26. The minimum Gasteiger partial charge on any atom is -0.495 e. The van der Waals surface area contributed by atoms with Crippen LogP contribution in [0.2, 0.25) is 0 Å². The van der Waals surface area contributed by atoms with Crippen LogP contribution in [0.15, 0.2) is 60.9 Å². The van der Waals surface area contributed by atoms with Crippen LogP contribution in [-0.4, -0.2) is 23.0 Å². The van der Waals surface area contributed by atoms with E-state index in [0.29, 0.717) is 17.3 Å². The maximum Gasteiger partial charge on any atom is 0.258 e. The predicted molar refractivity (Wildman–Crippen MR) is 111 cm³/mol. The molecule has 28 heavy (non-hydrogen) atoms. The third-order valence-electron chi connectivity index (χ3n) is 4.28. The summed E-state index contributed by atoms with van der Waals surface area (Å²) >= 11 is 0. The van der Waals surface area contributed by atoms with Crippen LogP contribution in [0.3, 0.4) is 0 Å². The zero-order valence-electron chi connectivity index (χ0n) is 16.5. The molecule has 6 heteroatoms. The highest BCUT2D eigenvalue weighted by atomic mass is 16.5. The number of anilines is 3. The van der Waals surface area contributed by atoms with Crippen molar-refractivity contribution in [2.75, 3.05) is 17.7 Å². The number of benzene rings is 2. The van der Waals surface area contributed by atoms with Gasteiger partial charge in [-0.25, -0.2) is 9.97 Å². The summed E-state index contributed by atoms with van der Waals surface area (Å²) in [6.07, 6.45) is 2.98. The fourth-order valence-corrected chi connectivity index (χ4v) is 2.64. The minimum absolute atomic E-state index is 0.0701. The van der Waals surface area contributed by atoms with Gasteiger partial charge in [0.2, 0.25) is 5.95 Å². The first-order chi connectivity index (χ1) is 13.4. The van der Waals surface area contributed by atoms with E-state index < -0.39 is 0 Å². The van der Waals surface area contributed by atoms with Gasteiger partial charge in [0.05, 0.1) is 18.4 Å². The Balaban J connectivity index is 1.67.